The van der Waals surface area contributed by atoms with Crippen LogP contribution >= 0.6 is 22.9 Å². The van der Waals surface area contributed by atoms with Crippen LogP contribution in [-0.4, -0.2) is 28.4 Å². The number of fused-ring (bicyclic) bond motifs is 1. The third kappa shape index (κ3) is 4.08. The van der Waals surface area contributed by atoms with Crippen molar-refractivity contribution in [3.8, 4) is 6.07 Å². The van der Waals surface area contributed by atoms with Crippen molar-refractivity contribution >= 4 is 40.4 Å². The molecule has 0 bridgehead atoms. The van der Waals surface area contributed by atoms with Crippen LogP contribution in [0.3, 0.4) is 0 Å². The summed E-state index contributed by atoms with van der Waals surface area (Å²) >= 11 is 7.08. The predicted octanol–water partition coefficient (Wildman–Crippen LogP) is 4.82. The second-order valence-corrected chi connectivity index (χ2v) is 9.63. The smallest absolute Gasteiger partial charge is 0.265 e. The highest BCUT2D eigenvalue weighted by atomic mass is 35.5. The summed E-state index contributed by atoms with van der Waals surface area (Å²) in [7, 11) is 0. The van der Waals surface area contributed by atoms with Crippen molar-refractivity contribution in [2.24, 2.45) is 11.8 Å². The lowest BCUT2D eigenvalue weighted by Gasteiger charge is -2.32. The summed E-state index contributed by atoms with van der Waals surface area (Å²) in [5.41, 5.74) is 1.23. The van der Waals surface area contributed by atoms with E-state index >= 15 is 0 Å². The number of aliphatic hydroxyl groups is 1. The SMILES string of the molecule is N#CCC1CCCC(CN2C(=O)c3c(NC(=O)c4ccc(Cl)s4)cccc3C2O)C1. The number of carbonyl (C=O) groups is 2. The zero-order valence-corrected chi connectivity index (χ0v) is 17.9. The molecule has 30 heavy (non-hydrogen) atoms. The maximum Gasteiger partial charge on any atom is 0.265 e. The number of thiophene rings is 1. The number of hydrogen-bond donors (Lipinski definition) is 2. The van der Waals surface area contributed by atoms with Gasteiger partial charge in [0, 0.05) is 18.5 Å². The molecule has 2 aromatic rings. The van der Waals surface area contributed by atoms with Gasteiger partial charge < -0.3 is 15.3 Å². The van der Waals surface area contributed by atoms with Gasteiger partial charge in [0.15, 0.2) is 6.23 Å². The molecule has 1 aliphatic carbocycles. The molecule has 2 aliphatic rings. The van der Waals surface area contributed by atoms with Crippen molar-refractivity contribution in [3.63, 3.8) is 0 Å². The van der Waals surface area contributed by atoms with Crippen molar-refractivity contribution in [2.45, 2.75) is 38.3 Å². The standard InChI is InChI=1S/C22H22ClN3O3S/c23-18-8-7-17(30-18)20(27)25-16-6-2-5-15-19(16)22(29)26(21(15)28)12-14-4-1-3-13(11-14)9-10-24/h2,5-8,13-14,21,28H,1,3-4,9,11-12H2,(H,25,27). The van der Waals surface area contributed by atoms with E-state index in [1.165, 1.54) is 4.90 Å². The van der Waals surface area contributed by atoms with Gasteiger partial charge in [-0.05, 0) is 49.3 Å². The van der Waals surface area contributed by atoms with Gasteiger partial charge in [-0.25, -0.2) is 0 Å². The van der Waals surface area contributed by atoms with Crippen LogP contribution in [0.5, 0.6) is 0 Å². The summed E-state index contributed by atoms with van der Waals surface area (Å²) in [6, 6.07) is 10.6. The summed E-state index contributed by atoms with van der Waals surface area (Å²) in [6.07, 6.45) is 3.46. The fraction of sp³-hybridized carbons (Fsp3) is 0.409. The highest BCUT2D eigenvalue weighted by molar-refractivity contribution is 7.18. The fourth-order valence-corrected chi connectivity index (χ4v) is 5.45. The molecular formula is C22H22ClN3O3S. The molecule has 2 heterocycles. The predicted molar refractivity (Wildman–Crippen MR) is 115 cm³/mol. The average Bonchev–Trinajstić information content (AvgIpc) is 3.27. The van der Waals surface area contributed by atoms with Gasteiger partial charge in [0.1, 0.15) is 0 Å². The van der Waals surface area contributed by atoms with Crippen molar-refractivity contribution in [2.75, 3.05) is 11.9 Å². The van der Waals surface area contributed by atoms with Gasteiger partial charge in [0.05, 0.1) is 26.5 Å². The molecule has 1 fully saturated rings. The number of carbonyl (C=O) groups excluding carboxylic acids is 2. The molecule has 3 atom stereocenters. The quantitative estimate of drug-likeness (QED) is 0.692. The Bertz CT molecular complexity index is 1020. The van der Waals surface area contributed by atoms with Crippen LogP contribution in [0.25, 0.3) is 0 Å². The maximum absolute atomic E-state index is 13.2. The highest BCUT2D eigenvalue weighted by Gasteiger charge is 2.39. The Labute approximate surface area is 184 Å². The molecule has 0 spiro atoms. The third-order valence-electron chi connectivity index (χ3n) is 5.92. The number of aliphatic hydroxyl groups excluding tert-OH is 1. The second kappa shape index (κ2) is 8.76. The number of halogens is 1. The molecule has 8 heteroatoms. The van der Waals surface area contributed by atoms with Gasteiger partial charge in [-0.3, -0.25) is 9.59 Å². The normalized spacial score (nSPS) is 23.2. The fourth-order valence-electron chi connectivity index (χ4n) is 4.51. The molecule has 156 valence electrons. The van der Waals surface area contributed by atoms with E-state index in [1.807, 2.05) is 0 Å². The van der Waals surface area contributed by atoms with E-state index in [4.69, 9.17) is 16.9 Å². The first-order valence-corrected chi connectivity index (χ1v) is 11.2. The Hall–Kier alpha value is -2.40. The molecule has 1 aromatic heterocycles. The number of benzene rings is 1. The van der Waals surface area contributed by atoms with Crippen LogP contribution in [0.1, 0.15) is 63.9 Å². The molecular weight excluding hydrogens is 422 g/mol. The first-order chi connectivity index (χ1) is 14.5. The van der Waals surface area contributed by atoms with Gasteiger partial charge in [0.2, 0.25) is 0 Å². The number of nitrogens with one attached hydrogen (secondary N) is 1. The second-order valence-electron chi connectivity index (χ2n) is 7.92. The van der Waals surface area contributed by atoms with E-state index in [0.29, 0.717) is 44.9 Å². The van der Waals surface area contributed by atoms with Crippen molar-refractivity contribution in [3.05, 3.63) is 50.7 Å². The largest absolute Gasteiger partial charge is 0.369 e. The minimum atomic E-state index is -1.03. The summed E-state index contributed by atoms with van der Waals surface area (Å²) in [4.78, 5) is 27.7. The summed E-state index contributed by atoms with van der Waals surface area (Å²) in [6.45, 7) is 0.449. The highest BCUT2D eigenvalue weighted by Crippen LogP contribution is 2.39. The summed E-state index contributed by atoms with van der Waals surface area (Å²) < 4.78 is 0.512. The van der Waals surface area contributed by atoms with Gasteiger partial charge in [0.25, 0.3) is 11.8 Å². The zero-order valence-electron chi connectivity index (χ0n) is 16.3. The minimum absolute atomic E-state index is 0.260. The van der Waals surface area contributed by atoms with Crippen LogP contribution in [-0.2, 0) is 0 Å². The van der Waals surface area contributed by atoms with Gasteiger partial charge >= 0.3 is 0 Å². The Morgan fingerprint density at radius 2 is 2.10 bits per heavy atom. The monoisotopic (exact) mass is 443 g/mol. The van der Waals surface area contributed by atoms with Gasteiger partial charge in [-0.2, -0.15) is 5.26 Å². The number of anilines is 1. The third-order valence-corrected chi connectivity index (χ3v) is 7.15. The van der Waals surface area contributed by atoms with Crippen molar-refractivity contribution in [1.29, 1.82) is 5.26 Å². The topological polar surface area (TPSA) is 93.4 Å². The Morgan fingerprint density at radius 1 is 1.30 bits per heavy atom. The molecule has 0 radical (unpaired) electrons. The van der Waals surface area contributed by atoms with Crippen molar-refractivity contribution in [1.82, 2.24) is 4.90 Å². The van der Waals surface area contributed by atoms with Gasteiger partial charge in [-0.1, -0.05) is 30.2 Å². The number of nitriles is 1. The van der Waals surface area contributed by atoms with Crippen LogP contribution in [0.2, 0.25) is 4.34 Å². The molecule has 2 amide bonds. The molecule has 1 aliphatic heterocycles. The number of hydrogen-bond acceptors (Lipinski definition) is 5. The molecule has 1 aromatic carbocycles. The lowest BCUT2D eigenvalue weighted by Crippen LogP contribution is -2.35. The minimum Gasteiger partial charge on any atom is -0.369 e. The Balaban J connectivity index is 1.52. The number of amides is 2. The first-order valence-electron chi connectivity index (χ1n) is 10.0. The molecule has 4 rings (SSSR count). The van der Waals surface area contributed by atoms with E-state index < -0.39 is 6.23 Å². The van der Waals surface area contributed by atoms with E-state index in [1.54, 1.807) is 30.3 Å². The van der Waals surface area contributed by atoms with Crippen LogP contribution in [0, 0.1) is 23.2 Å². The van der Waals surface area contributed by atoms with Crippen LogP contribution in [0.15, 0.2) is 30.3 Å². The maximum atomic E-state index is 13.2. The summed E-state index contributed by atoms with van der Waals surface area (Å²) in [5.74, 6) is 0.00226. The molecule has 3 unspecified atom stereocenters. The first kappa shape index (κ1) is 20.9. The zero-order chi connectivity index (χ0) is 21.3. The van der Waals surface area contributed by atoms with E-state index in [0.717, 1.165) is 37.0 Å². The number of rotatable bonds is 5. The average molecular weight is 444 g/mol. The van der Waals surface area contributed by atoms with E-state index in [9.17, 15) is 14.7 Å². The summed E-state index contributed by atoms with van der Waals surface area (Å²) in [5, 5.41) is 22.6. The lowest BCUT2D eigenvalue weighted by atomic mass is 9.80. The van der Waals surface area contributed by atoms with Crippen molar-refractivity contribution < 1.29 is 14.7 Å². The van der Waals surface area contributed by atoms with E-state index in [2.05, 4.69) is 11.4 Å². The molecule has 2 N–H and O–H groups in total. The van der Waals surface area contributed by atoms with Crippen LogP contribution < -0.4 is 5.32 Å². The number of nitrogens with zero attached hydrogens (tertiary/aromatic N) is 2. The lowest BCUT2D eigenvalue weighted by molar-refractivity contribution is 0.00628. The van der Waals surface area contributed by atoms with Crippen LogP contribution in [0.4, 0.5) is 5.69 Å². The van der Waals surface area contributed by atoms with Gasteiger partial charge in [-0.15, -0.1) is 11.3 Å². The van der Waals surface area contributed by atoms with E-state index in [-0.39, 0.29) is 17.7 Å². The molecule has 6 nitrogen and oxygen atoms in total. The Morgan fingerprint density at radius 3 is 2.83 bits per heavy atom. The molecule has 0 saturated heterocycles. The Kier molecular flexibility index (Phi) is 6.09. The molecule has 1 saturated carbocycles.